The van der Waals surface area contributed by atoms with Crippen LogP contribution in [0.5, 0.6) is 5.75 Å². The number of methoxy groups -OCH3 is 1. The smallest absolute Gasteiger partial charge is 0.322 e. The van der Waals surface area contributed by atoms with E-state index in [0.717, 1.165) is 11.1 Å². The van der Waals surface area contributed by atoms with Crippen LogP contribution in [0.2, 0.25) is 10.0 Å². The van der Waals surface area contributed by atoms with Gasteiger partial charge in [-0.1, -0.05) is 41.4 Å². The van der Waals surface area contributed by atoms with Gasteiger partial charge < -0.3 is 15.2 Å². The van der Waals surface area contributed by atoms with E-state index in [2.05, 4.69) is 4.74 Å². The second-order valence-electron chi connectivity index (χ2n) is 4.97. The molecule has 2 aromatic carbocycles. The molecule has 0 saturated carbocycles. The average Bonchev–Trinajstić information content (AvgIpc) is 2.54. The third-order valence-electron chi connectivity index (χ3n) is 3.30. The van der Waals surface area contributed by atoms with Crippen molar-refractivity contribution in [2.75, 3.05) is 7.11 Å². The maximum absolute atomic E-state index is 11.4. The molecule has 0 aliphatic carbocycles. The molecule has 0 amide bonds. The number of benzene rings is 2. The Kier molecular flexibility index (Phi) is 6.28. The molecule has 0 radical (unpaired) electrons. The lowest BCUT2D eigenvalue weighted by molar-refractivity contribution is -0.142. The quantitative estimate of drug-likeness (QED) is 0.805. The van der Waals surface area contributed by atoms with Gasteiger partial charge in [-0.25, -0.2) is 0 Å². The summed E-state index contributed by atoms with van der Waals surface area (Å²) in [4.78, 5) is 11.4. The summed E-state index contributed by atoms with van der Waals surface area (Å²) in [6, 6.07) is 12.0. The highest BCUT2D eigenvalue weighted by molar-refractivity contribution is 6.35. The number of hydrogen-bond donors (Lipinski definition) is 1. The molecule has 6 heteroatoms. The van der Waals surface area contributed by atoms with E-state index in [1.807, 2.05) is 24.3 Å². The minimum absolute atomic E-state index is 0.255. The van der Waals surface area contributed by atoms with Gasteiger partial charge in [-0.2, -0.15) is 0 Å². The molecule has 1 unspecified atom stereocenters. The van der Waals surface area contributed by atoms with Gasteiger partial charge in [0.15, 0.2) is 0 Å². The summed E-state index contributed by atoms with van der Waals surface area (Å²) >= 11 is 12.2. The Balaban J connectivity index is 2.04. The van der Waals surface area contributed by atoms with Gasteiger partial charge in [0.25, 0.3) is 0 Å². The zero-order valence-electron chi connectivity index (χ0n) is 12.6. The Labute approximate surface area is 145 Å². The topological polar surface area (TPSA) is 61.5 Å². The van der Waals surface area contributed by atoms with Crippen molar-refractivity contribution in [3.63, 3.8) is 0 Å². The fourth-order valence-corrected chi connectivity index (χ4v) is 2.58. The fourth-order valence-electron chi connectivity index (χ4n) is 2.08. The summed E-state index contributed by atoms with van der Waals surface area (Å²) in [6.07, 6.45) is 0.372. The van der Waals surface area contributed by atoms with E-state index in [4.69, 9.17) is 33.7 Å². The Hall–Kier alpha value is -1.75. The largest absolute Gasteiger partial charge is 0.489 e. The molecule has 0 saturated heterocycles. The first kappa shape index (κ1) is 17.6. The molecule has 0 aliphatic heterocycles. The van der Waals surface area contributed by atoms with Crippen molar-refractivity contribution in [2.24, 2.45) is 5.73 Å². The van der Waals surface area contributed by atoms with Crippen molar-refractivity contribution in [1.82, 2.24) is 0 Å². The normalized spacial score (nSPS) is 11.8. The van der Waals surface area contributed by atoms with Crippen LogP contribution in [-0.4, -0.2) is 19.1 Å². The molecule has 0 heterocycles. The monoisotopic (exact) mass is 353 g/mol. The van der Waals surface area contributed by atoms with Gasteiger partial charge in [0.05, 0.1) is 7.11 Å². The lowest BCUT2D eigenvalue weighted by atomic mass is 10.1. The van der Waals surface area contributed by atoms with Gasteiger partial charge in [-0.05, 0) is 36.2 Å². The first-order valence-electron chi connectivity index (χ1n) is 6.99. The van der Waals surface area contributed by atoms with Crippen LogP contribution in [0.4, 0.5) is 0 Å². The number of rotatable bonds is 6. The molecule has 0 aromatic heterocycles. The predicted octanol–water partition coefficient (Wildman–Crippen LogP) is 3.62. The number of carbonyl (C=O) groups is 1. The Morgan fingerprint density at radius 1 is 1.17 bits per heavy atom. The first-order valence-corrected chi connectivity index (χ1v) is 7.75. The Morgan fingerprint density at radius 2 is 1.83 bits per heavy atom. The maximum atomic E-state index is 11.4. The molecule has 0 aliphatic rings. The predicted molar refractivity (Wildman–Crippen MR) is 90.9 cm³/mol. The van der Waals surface area contributed by atoms with E-state index in [1.54, 1.807) is 18.2 Å². The van der Waals surface area contributed by atoms with E-state index >= 15 is 0 Å². The van der Waals surface area contributed by atoms with Crippen LogP contribution >= 0.6 is 23.2 Å². The van der Waals surface area contributed by atoms with Crippen molar-refractivity contribution in [2.45, 2.75) is 19.1 Å². The van der Waals surface area contributed by atoms with E-state index < -0.39 is 12.0 Å². The minimum atomic E-state index is -0.701. The summed E-state index contributed by atoms with van der Waals surface area (Å²) in [5, 5.41) is 1.11. The molecule has 2 N–H and O–H groups in total. The highest BCUT2D eigenvalue weighted by Crippen LogP contribution is 2.26. The molecule has 4 nitrogen and oxygen atoms in total. The third-order valence-corrected chi connectivity index (χ3v) is 4.01. The number of esters is 1. The highest BCUT2D eigenvalue weighted by Gasteiger charge is 2.14. The van der Waals surface area contributed by atoms with Crippen molar-refractivity contribution in [1.29, 1.82) is 0 Å². The van der Waals surface area contributed by atoms with Crippen molar-refractivity contribution >= 4 is 29.2 Å². The molecule has 122 valence electrons. The molecule has 0 spiro atoms. The summed E-state index contributed by atoms with van der Waals surface area (Å²) < 4.78 is 10.4. The summed E-state index contributed by atoms with van der Waals surface area (Å²) in [5.74, 6) is 0.203. The second kappa shape index (κ2) is 8.20. The number of carbonyl (C=O) groups excluding carboxylic acids is 1. The average molecular weight is 354 g/mol. The molecule has 0 bridgehead atoms. The highest BCUT2D eigenvalue weighted by atomic mass is 35.5. The minimum Gasteiger partial charge on any atom is -0.489 e. The number of nitrogens with two attached hydrogens (primary N) is 1. The number of ether oxygens (including phenoxy) is 2. The third kappa shape index (κ3) is 4.86. The lowest BCUT2D eigenvalue weighted by Gasteiger charge is -2.12. The second-order valence-corrected chi connectivity index (χ2v) is 5.78. The molecular weight excluding hydrogens is 337 g/mol. The van der Waals surface area contributed by atoms with Crippen molar-refractivity contribution in [3.05, 3.63) is 63.6 Å². The van der Waals surface area contributed by atoms with Crippen molar-refractivity contribution < 1.29 is 14.3 Å². The van der Waals surface area contributed by atoms with Crippen LogP contribution in [0.15, 0.2) is 42.5 Å². The van der Waals surface area contributed by atoms with Gasteiger partial charge in [-0.15, -0.1) is 0 Å². The summed E-state index contributed by atoms with van der Waals surface area (Å²) in [7, 11) is 1.31. The standard InChI is InChI=1S/C17H17Cl2NO3/c1-22-17(21)16(20)9-11-4-2-5-12(8-11)23-10-13-14(18)6-3-7-15(13)19/h2-8,16H,9-10,20H2,1H3. The first-order chi connectivity index (χ1) is 11.0. The van der Waals surface area contributed by atoms with E-state index in [-0.39, 0.29) is 6.61 Å². The van der Waals surface area contributed by atoms with E-state index in [9.17, 15) is 4.79 Å². The van der Waals surface area contributed by atoms with Crippen LogP contribution in [0, 0.1) is 0 Å². The SMILES string of the molecule is COC(=O)C(N)Cc1cccc(OCc2c(Cl)cccc2Cl)c1. The Morgan fingerprint density at radius 3 is 2.48 bits per heavy atom. The zero-order chi connectivity index (χ0) is 16.8. The van der Waals surface area contributed by atoms with Gasteiger partial charge in [0, 0.05) is 15.6 Å². The number of halogens is 2. The summed E-state index contributed by atoms with van der Waals surface area (Å²) in [5.41, 5.74) is 7.37. The lowest BCUT2D eigenvalue weighted by Crippen LogP contribution is -2.33. The molecule has 0 fully saturated rings. The van der Waals surface area contributed by atoms with Crippen LogP contribution in [0.25, 0.3) is 0 Å². The maximum Gasteiger partial charge on any atom is 0.322 e. The van der Waals surface area contributed by atoms with Crippen molar-refractivity contribution in [3.8, 4) is 5.75 Å². The van der Waals surface area contributed by atoms with Crippen LogP contribution < -0.4 is 10.5 Å². The molecular formula is C17H17Cl2NO3. The van der Waals surface area contributed by atoms with Crippen LogP contribution in [-0.2, 0) is 22.6 Å². The van der Waals surface area contributed by atoms with Crippen LogP contribution in [0.3, 0.4) is 0 Å². The number of hydrogen-bond acceptors (Lipinski definition) is 4. The summed E-state index contributed by atoms with van der Waals surface area (Å²) in [6.45, 7) is 0.255. The van der Waals surface area contributed by atoms with E-state index in [1.165, 1.54) is 7.11 Å². The van der Waals surface area contributed by atoms with Crippen LogP contribution in [0.1, 0.15) is 11.1 Å². The van der Waals surface area contributed by atoms with Gasteiger partial charge in [-0.3, -0.25) is 4.79 Å². The zero-order valence-corrected chi connectivity index (χ0v) is 14.1. The van der Waals surface area contributed by atoms with Gasteiger partial charge in [0.1, 0.15) is 18.4 Å². The fraction of sp³-hybridized carbons (Fsp3) is 0.235. The Bertz CT molecular complexity index is 671. The van der Waals surface area contributed by atoms with Gasteiger partial charge >= 0.3 is 5.97 Å². The molecule has 23 heavy (non-hydrogen) atoms. The van der Waals surface area contributed by atoms with Gasteiger partial charge in [0.2, 0.25) is 0 Å². The molecule has 2 aromatic rings. The van der Waals surface area contributed by atoms with E-state index in [0.29, 0.717) is 22.2 Å². The molecule has 1 atom stereocenters. The molecule has 2 rings (SSSR count).